The van der Waals surface area contributed by atoms with Gasteiger partial charge in [0.15, 0.2) is 0 Å². The van der Waals surface area contributed by atoms with Crippen LogP contribution in [0, 0.1) is 0 Å². The standard InChI is InChI=1S/2C10H18N2O6.2Na/c2*11-4-2-1-3-7(10(17)18)12(5-8(13)14)6-9(15)16;;/h2*7H,1-6,11H2,(H,13,14)(H,15,16)(H,17,18);;/q;;2*+1/p-2/t2*7-;;/m00../s1. The minimum atomic E-state index is -1.48. The summed E-state index contributed by atoms with van der Waals surface area (Å²) >= 11 is 0. The van der Waals surface area contributed by atoms with Crippen LogP contribution in [-0.2, 0) is 28.8 Å². The molecular weight excluding hydrogens is 534 g/mol. The van der Waals surface area contributed by atoms with Gasteiger partial charge >= 0.3 is 83.0 Å². The number of unbranched alkanes of at least 4 members (excludes halogenated alkanes) is 2. The number of rotatable bonds is 20. The van der Waals surface area contributed by atoms with E-state index >= 15 is 0 Å². The van der Waals surface area contributed by atoms with Crippen molar-refractivity contribution in [1.29, 1.82) is 0 Å². The number of carboxylic acids is 6. The largest absolute Gasteiger partial charge is 1.00 e. The van der Waals surface area contributed by atoms with Gasteiger partial charge in [0.05, 0.1) is 50.2 Å². The molecule has 0 aliphatic carbocycles. The number of hydrogen-bond acceptors (Lipinski definition) is 12. The molecule has 0 bridgehead atoms. The molecule has 0 aromatic rings. The van der Waals surface area contributed by atoms with Crippen molar-refractivity contribution in [1.82, 2.24) is 9.80 Å². The Kier molecular flexibility index (Phi) is 29.8. The third-order valence-electron chi connectivity index (χ3n) is 4.64. The van der Waals surface area contributed by atoms with E-state index in [4.69, 9.17) is 31.9 Å². The maximum Gasteiger partial charge on any atom is 1.00 e. The smallest absolute Gasteiger partial charge is 0.548 e. The van der Waals surface area contributed by atoms with Gasteiger partial charge in [-0.2, -0.15) is 0 Å². The Labute approximate surface area is 263 Å². The quantitative estimate of drug-likeness (QED) is 0.0587. The number of nitrogens with two attached hydrogens (primary N) is 2. The summed E-state index contributed by atoms with van der Waals surface area (Å²) < 4.78 is 0. The van der Waals surface area contributed by atoms with E-state index in [1.165, 1.54) is 0 Å². The van der Waals surface area contributed by atoms with E-state index in [0.29, 0.717) is 38.8 Å². The van der Waals surface area contributed by atoms with E-state index in [0.717, 1.165) is 9.80 Å². The third kappa shape index (κ3) is 23.8. The topological polar surface area (TPSA) is 288 Å². The van der Waals surface area contributed by atoms with Crippen LogP contribution in [-0.4, -0.2) is 117 Å². The van der Waals surface area contributed by atoms with Crippen LogP contribution in [0.25, 0.3) is 0 Å². The Morgan fingerprint density at radius 2 is 0.789 bits per heavy atom. The summed E-state index contributed by atoms with van der Waals surface area (Å²) in [5.41, 5.74) is 10.5. The molecule has 0 heterocycles. The van der Waals surface area contributed by atoms with E-state index in [1.54, 1.807) is 0 Å². The number of carbonyl (C=O) groups excluding carboxylic acids is 2. The Balaban J connectivity index is -0.000000289. The van der Waals surface area contributed by atoms with E-state index in [2.05, 4.69) is 0 Å². The first kappa shape index (κ1) is 43.7. The number of aliphatic carboxylic acids is 6. The van der Waals surface area contributed by atoms with Crippen molar-refractivity contribution >= 4 is 35.8 Å². The SMILES string of the molecule is NCCCC[C@@H](C(=O)[O-])N(CC(=O)O)CC(=O)O.NCCCC[C@@H](C(=O)[O-])N(CC(=O)O)CC(=O)O.[Na+].[Na+]. The molecule has 0 fully saturated rings. The van der Waals surface area contributed by atoms with Crippen molar-refractivity contribution in [2.75, 3.05) is 39.3 Å². The van der Waals surface area contributed by atoms with Gasteiger partial charge in [-0.1, -0.05) is 12.8 Å². The molecule has 0 aliphatic heterocycles. The van der Waals surface area contributed by atoms with Gasteiger partial charge in [-0.3, -0.25) is 29.0 Å². The predicted molar refractivity (Wildman–Crippen MR) is 117 cm³/mol. The number of carbonyl (C=O) groups is 6. The molecule has 38 heavy (non-hydrogen) atoms. The van der Waals surface area contributed by atoms with Gasteiger partial charge in [-0.15, -0.1) is 0 Å². The molecule has 8 N–H and O–H groups in total. The van der Waals surface area contributed by atoms with E-state index in [1.807, 2.05) is 0 Å². The van der Waals surface area contributed by atoms with Gasteiger partial charge in [-0.25, -0.2) is 0 Å². The molecule has 0 radical (unpaired) electrons. The Morgan fingerprint density at radius 1 is 0.553 bits per heavy atom. The van der Waals surface area contributed by atoms with Gasteiger partial charge in [-0.05, 0) is 38.8 Å². The molecule has 16 nitrogen and oxygen atoms in total. The van der Waals surface area contributed by atoms with Gasteiger partial charge in [0.2, 0.25) is 0 Å². The number of carboxylic acid groups (broad SMARTS) is 6. The van der Waals surface area contributed by atoms with Crippen LogP contribution in [0.3, 0.4) is 0 Å². The zero-order valence-corrected chi connectivity index (χ0v) is 25.7. The molecule has 0 unspecified atom stereocenters. The van der Waals surface area contributed by atoms with Crippen LogP contribution in [0.4, 0.5) is 0 Å². The summed E-state index contributed by atoms with van der Waals surface area (Å²) in [5.74, 6) is -8.12. The average molecular weight is 568 g/mol. The fourth-order valence-corrected chi connectivity index (χ4v) is 3.11. The molecule has 0 aromatic carbocycles. The van der Waals surface area contributed by atoms with Crippen LogP contribution >= 0.6 is 0 Å². The molecule has 208 valence electrons. The molecule has 2 atom stereocenters. The first-order chi connectivity index (χ1) is 16.8. The van der Waals surface area contributed by atoms with Crippen molar-refractivity contribution in [3.63, 3.8) is 0 Å². The average Bonchev–Trinajstić information content (AvgIpc) is 2.72. The van der Waals surface area contributed by atoms with Crippen LogP contribution in [0.5, 0.6) is 0 Å². The maximum absolute atomic E-state index is 10.9. The maximum atomic E-state index is 10.9. The molecule has 18 heteroatoms. The first-order valence-electron chi connectivity index (χ1n) is 10.9. The molecule has 0 saturated heterocycles. The normalized spacial score (nSPS) is 11.7. The number of hydrogen-bond donors (Lipinski definition) is 6. The van der Waals surface area contributed by atoms with Gasteiger partial charge < -0.3 is 51.7 Å². The summed E-state index contributed by atoms with van der Waals surface area (Å²) in [6.45, 7) is -1.86. The minimum absolute atomic E-state index is 0. The van der Waals surface area contributed by atoms with Crippen LogP contribution in [0.15, 0.2) is 0 Å². The second kappa shape index (κ2) is 25.9. The van der Waals surface area contributed by atoms with Gasteiger partial charge in [0, 0.05) is 0 Å². The van der Waals surface area contributed by atoms with Crippen molar-refractivity contribution in [2.24, 2.45) is 11.5 Å². The summed E-state index contributed by atoms with van der Waals surface area (Å²) in [5, 5.41) is 56.4. The van der Waals surface area contributed by atoms with Gasteiger partial charge in [0.25, 0.3) is 0 Å². The van der Waals surface area contributed by atoms with E-state index < -0.39 is 74.1 Å². The Hall–Kier alpha value is -1.34. The summed E-state index contributed by atoms with van der Waals surface area (Å²) in [6, 6.07) is -2.47. The molecule has 0 aliphatic rings. The van der Waals surface area contributed by atoms with E-state index in [-0.39, 0.29) is 72.0 Å². The molecule has 0 rings (SSSR count). The third-order valence-corrected chi connectivity index (χ3v) is 4.64. The molecule has 0 aromatic heterocycles. The van der Waals surface area contributed by atoms with Crippen molar-refractivity contribution in [3.8, 4) is 0 Å². The fraction of sp³-hybridized carbons (Fsp3) is 0.700. The Morgan fingerprint density at radius 3 is 0.947 bits per heavy atom. The predicted octanol–water partition coefficient (Wildman–Crippen LogP) is -10.6. The molecule has 0 spiro atoms. The van der Waals surface area contributed by atoms with Crippen LogP contribution < -0.4 is 80.8 Å². The zero-order valence-electron chi connectivity index (χ0n) is 21.7. The summed E-state index contributed by atoms with van der Waals surface area (Å²) in [7, 11) is 0. The van der Waals surface area contributed by atoms with Crippen molar-refractivity contribution < 1.29 is 119 Å². The van der Waals surface area contributed by atoms with Crippen molar-refractivity contribution in [2.45, 2.75) is 50.6 Å². The Bertz CT molecular complexity index is 653. The van der Waals surface area contributed by atoms with Crippen LogP contribution in [0.1, 0.15) is 38.5 Å². The first-order valence-corrected chi connectivity index (χ1v) is 10.9. The minimum Gasteiger partial charge on any atom is -0.548 e. The summed E-state index contributed by atoms with van der Waals surface area (Å²) in [4.78, 5) is 65.9. The second-order valence-electron chi connectivity index (χ2n) is 7.62. The molecule has 0 amide bonds. The van der Waals surface area contributed by atoms with Crippen molar-refractivity contribution in [3.05, 3.63) is 0 Å². The summed E-state index contributed by atoms with van der Waals surface area (Å²) in [6.07, 6.45) is 2.31. The van der Waals surface area contributed by atoms with Gasteiger partial charge in [0.1, 0.15) is 0 Å². The number of nitrogens with zero attached hydrogens (tertiary/aromatic N) is 2. The second-order valence-corrected chi connectivity index (χ2v) is 7.62. The molecule has 0 saturated carbocycles. The molecular formula is C20H34N4Na2O12. The van der Waals surface area contributed by atoms with E-state index in [9.17, 15) is 39.0 Å². The zero-order chi connectivity index (χ0) is 28.3. The monoisotopic (exact) mass is 568 g/mol. The fourth-order valence-electron chi connectivity index (χ4n) is 3.11. The van der Waals surface area contributed by atoms with Crippen LogP contribution in [0.2, 0.25) is 0 Å².